The molecule has 0 aromatic rings. The van der Waals surface area contributed by atoms with Gasteiger partial charge in [0.05, 0.1) is 11.8 Å². The van der Waals surface area contributed by atoms with Crippen molar-refractivity contribution in [2.45, 2.75) is 19.4 Å². The Hall–Kier alpha value is -1.88. The molecule has 0 aromatic carbocycles. The summed E-state index contributed by atoms with van der Waals surface area (Å²) in [7, 11) is 0. The first-order chi connectivity index (χ1) is 7.45. The average Bonchev–Trinajstić information content (AvgIpc) is 2.21. The maximum absolute atomic E-state index is 10.9. The molecule has 86 valence electrons. The summed E-state index contributed by atoms with van der Waals surface area (Å²) in [4.78, 5) is 10.9. The molecule has 0 fully saturated rings. The van der Waals surface area contributed by atoms with Gasteiger partial charge in [-0.2, -0.15) is 0 Å². The van der Waals surface area contributed by atoms with Crippen LogP contribution >= 0.6 is 0 Å². The number of rotatable bonds is 3. The smallest absolute Gasteiger partial charge is 0.178 e. The quantitative estimate of drug-likeness (QED) is 0.431. The zero-order chi connectivity index (χ0) is 12.2. The normalized spacial score (nSPS) is 15.9. The van der Waals surface area contributed by atoms with Crippen molar-refractivity contribution in [2.75, 3.05) is 0 Å². The summed E-state index contributed by atoms with van der Waals surface area (Å²) in [6.45, 7) is 3.34. The van der Waals surface area contributed by atoms with E-state index in [1.807, 2.05) is 0 Å². The molecule has 0 heterocycles. The molecule has 1 aliphatic rings. The number of allylic oxidation sites excluding steroid dienone is 5. The Morgan fingerprint density at radius 3 is 2.38 bits per heavy atom. The number of carbonyl (C=O) groups excluding carboxylic acids is 1. The molecule has 0 radical (unpaired) electrons. The van der Waals surface area contributed by atoms with Crippen molar-refractivity contribution < 1.29 is 15.2 Å². The Morgan fingerprint density at radius 2 is 1.88 bits per heavy atom. The highest BCUT2D eigenvalue weighted by atomic mass is 16.5. The molecule has 0 atom stereocenters. The Bertz CT molecular complexity index is 374. The van der Waals surface area contributed by atoms with Crippen molar-refractivity contribution in [3.8, 4) is 0 Å². The highest BCUT2D eigenvalue weighted by Crippen LogP contribution is 2.14. The van der Waals surface area contributed by atoms with Crippen molar-refractivity contribution >= 4 is 12.0 Å². The molecule has 5 heteroatoms. The lowest BCUT2D eigenvalue weighted by atomic mass is 10.1. The summed E-state index contributed by atoms with van der Waals surface area (Å²) in [6, 6.07) is 0. The van der Waals surface area contributed by atoms with Crippen molar-refractivity contribution in [2.24, 2.45) is 5.16 Å². The predicted molar refractivity (Wildman–Crippen MR) is 59.4 cm³/mol. The third-order valence-corrected chi connectivity index (χ3v) is 2.12. The van der Waals surface area contributed by atoms with Gasteiger partial charge in [0, 0.05) is 6.20 Å². The van der Waals surface area contributed by atoms with Gasteiger partial charge in [-0.05, 0) is 43.7 Å². The fraction of sp³-hybridized carbons (Fsp3) is 0.273. The zero-order valence-electron chi connectivity index (χ0n) is 9.16. The molecule has 0 bridgehead atoms. The van der Waals surface area contributed by atoms with Crippen LogP contribution in [0.15, 0.2) is 41.2 Å². The van der Waals surface area contributed by atoms with Gasteiger partial charge < -0.3 is 5.21 Å². The second-order valence-electron chi connectivity index (χ2n) is 3.94. The standard InChI is InChI=1S/C11H14N2O3/c1-11(2,8-12-15)13(16)7-9-3-5-10(14)6-4-9/h3-8,15-16H,1-2H3/b12-8-. The summed E-state index contributed by atoms with van der Waals surface area (Å²) in [5.74, 6) is -0.0854. The molecule has 1 aliphatic carbocycles. The lowest BCUT2D eigenvalue weighted by Crippen LogP contribution is -2.39. The number of oxime groups is 1. The molecule has 0 aliphatic heterocycles. The van der Waals surface area contributed by atoms with E-state index in [0.29, 0.717) is 5.57 Å². The van der Waals surface area contributed by atoms with Gasteiger partial charge in [-0.3, -0.25) is 15.1 Å². The van der Waals surface area contributed by atoms with Crippen LogP contribution in [0.3, 0.4) is 0 Å². The minimum atomic E-state index is -0.828. The third kappa shape index (κ3) is 3.06. The summed E-state index contributed by atoms with van der Waals surface area (Å²) in [6.07, 6.45) is 8.65. The third-order valence-electron chi connectivity index (χ3n) is 2.12. The Balaban J connectivity index is 2.81. The minimum Gasteiger partial charge on any atom is -0.411 e. The molecule has 5 nitrogen and oxygen atoms in total. The lowest BCUT2D eigenvalue weighted by Gasteiger charge is -2.28. The second kappa shape index (κ2) is 4.76. The maximum Gasteiger partial charge on any atom is 0.178 e. The summed E-state index contributed by atoms with van der Waals surface area (Å²) >= 11 is 0. The molecular weight excluding hydrogens is 208 g/mol. The Labute approximate surface area is 93.6 Å². The molecule has 0 aromatic heterocycles. The fourth-order valence-electron chi connectivity index (χ4n) is 1.06. The van der Waals surface area contributed by atoms with Gasteiger partial charge in [0.2, 0.25) is 0 Å². The van der Waals surface area contributed by atoms with Crippen molar-refractivity contribution in [3.63, 3.8) is 0 Å². The molecular formula is C11H14N2O3. The molecule has 0 amide bonds. The average molecular weight is 222 g/mol. The number of ketones is 1. The van der Waals surface area contributed by atoms with Gasteiger partial charge in [-0.25, -0.2) is 0 Å². The maximum atomic E-state index is 10.9. The van der Waals surface area contributed by atoms with E-state index in [-0.39, 0.29) is 5.78 Å². The van der Waals surface area contributed by atoms with E-state index in [0.717, 1.165) is 5.06 Å². The molecule has 0 saturated heterocycles. The number of hydrogen-bond donors (Lipinski definition) is 2. The SMILES string of the molecule is CC(C)(/C=N\O)N(O)C=C1C=CC(=O)C=C1. The Kier molecular flexibility index (Phi) is 3.63. The lowest BCUT2D eigenvalue weighted by molar-refractivity contribution is -0.110. The minimum absolute atomic E-state index is 0.0854. The second-order valence-corrected chi connectivity index (χ2v) is 3.94. The number of nitrogens with zero attached hydrogens (tertiary/aromatic N) is 2. The van der Waals surface area contributed by atoms with E-state index in [4.69, 9.17) is 5.21 Å². The van der Waals surface area contributed by atoms with Gasteiger partial charge in [0.1, 0.15) is 0 Å². The first-order valence-corrected chi connectivity index (χ1v) is 4.74. The molecule has 2 N–H and O–H groups in total. The highest BCUT2D eigenvalue weighted by molar-refractivity contribution is 6.01. The van der Waals surface area contributed by atoms with Crippen molar-refractivity contribution in [1.82, 2.24) is 5.06 Å². The number of carbonyl (C=O) groups is 1. The topological polar surface area (TPSA) is 73.1 Å². The largest absolute Gasteiger partial charge is 0.411 e. The summed E-state index contributed by atoms with van der Waals surface area (Å²) in [5, 5.41) is 22.0. The molecule has 16 heavy (non-hydrogen) atoms. The van der Waals surface area contributed by atoms with Gasteiger partial charge in [-0.1, -0.05) is 5.16 Å². The van der Waals surface area contributed by atoms with Crippen LogP contribution in [0.4, 0.5) is 0 Å². The van der Waals surface area contributed by atoms with Crippen molar-refractivity contribution in [1.29, 1.82) is 0 Å². The van der Waals surface area contributed by atoms with Crippen LogP contribution in [-0.4, -0.2) is 33.0 Å². The first-order valence-electron chi connectivity index (χ1n) is 4.74. The van der Waals surface area contributed by atoms with Crippen LogP contribution in [0.25, 0.3) is 0 Å². The molecule has 0 saturated carbocycles. The van der Waals surface area contributed by atoms with Gasteiger partial charge in [0.25, 0.3) is 0 Å². The fourth-order valence-corrected chi connectivity index (χ4v) is 1.06. The molecule has 0 unspecified atom stereocenters. The van der Waals surface area contributed by atoms with E-state index < -0.39 is 5.54 Å². The number of hydroxylamine groups is 2. The highest BCUT2D eigenvalue weighted by Gasteiger charge is 2.21. The summed E-state index contributed by atoms with van der Waals surface area (Å²) in [5.41, 5.74) is -0.147. The summed E-state index contributed by atoms with van der Waals surface area (Å²) < 4.78 is 0. The van der Waals surface area contributed by atoms with Crippen LogP contribution in [0, 0.1) is 0 Å². The van der Waals surface area contributed by atoms with Crippen molar-refractivity contribution in [3.05, 3.63) is 36.1 Å². The van der Waals surface area contributed by atoms with Crippen LogP contribution in [0.1, 0.15) is 13.8 Å². The predicted octanol–water partition coefficient (Wildman–Crippen LogP) is 1.50. The number of hydrogen-bond acceptors (Lipinski definition) is 5. The van der Waals surface area contributed by atoms with E-state index in [9.17, 15) is 10.0 Å². The molecule has 0 spiro atoms. The molecule has 1 rings (SSSR count). The van der Waals surface area contributed by atoms with Gasteiger partial charge in [0.15, 0.2) is 5.78 Å². The Morgan fingerprint density at radius 1 is 1.31 bits per heavy atom. The van der Waals surface area contributed by atoms with Crippen LogP contribution in [0.2, 0.25) is 0 Å². The zero-order valence-corrected chi connectivity index (χ0v) is 9.16. The van der Waals surface area contributed by atoms with Gasteiger partial charge in [-0.15, -0.1) is 0 Å². The van der Waals surface area contributed by atoms with E-state index in [2.05, 4.69) is 5.16 Å². The first kappa shape index (κ1) is 12.2. The van der Waals surface area contributed by atoms with E-state index in [1.54, 1.807) is 26.0 Å². The van der Waals surface area contributed by atoms with Crippen LogP contribution < -0.4 is 0 Å². The van der Waals surface area contributed by atoms with E-state index in [1.165, 1.54) is 24.6 Å². The van der Waals surface area contributed by atoms with Gasteiger partial charge >= 0.3 is 0 Å². The van der Waals surface area contributed by atoms with E-state index >= 15 is 0 Å². The van der Waals surface area contributed by atoms with Crippen LogP contribution in [0.5, 0.6) is 0 Å². The van der Waals surface area contributed by atoms with Crippen LogP contribution in [-0.2, 0) is 4.79 Å². The monoisotopic (exact) mass is 222 g/mol.